The molecule has 0 radical (unpaired) electrons. The Morgan fingerprint density at radius 2 is 2.00 bits per heavy atom. The SMILES string of the molecule is Cc1c(N)cccc1CN1C(=O)CC(C)(C(C)C)C1=O. The van der Waals surface area contributed by atoms with E-state index in [4.69, 9.17) is 5.73 Å². The summed E-state index contributed by atoms with van der Waals surface area (Å²) in [4.78, 5) is 26.1. The van der Waals surface area contributed by atoms with E-state index in [0.29, 0.717) is 18.7 Å². The molecule has 2 rings (SSSR count). The molecule has 1 saturated heterocycles. The highest BCUT2D eigenvalue weighted by Gasteiger charge is 2.49. The third kappa shape index (κ3) is 2.19. The number of hydrogen-bond donors (Lipinski definition) is 1. The average molecular weight is 274 g/mol. The maximum atomic E-state index is 12.6. The fraction of sp³-hybridized carbons (Fsp3) is 0.500. The zero-order valence-electron chi connectivity index (χ0n) is 12.6. The predicted octanol–water partition coefficient (Wildman–Crippen LogP) is 2.50. The van der Waals surface area contributed by atoms with Gasteiger partial charge in [0.15, 0.2) is 0 Å². The normalized spacial score (nSPS) is 22.9. The van der Waals surface area contributed by atoms with Gasteiger partial charge >= 0.3 is 0 Å². The molecule has 20 heavy (non-hydrogen) atoms. The molecular formula is C16H22N2O2. The molecule has 1 aromatic rings. The van der Waals surface area contributed by atoms with Crippen LogP contribution in [-0.4, -0.2) is 16.7 Å². The Morgan fingerprint density at radius 3 is 2.55 bits per heavy atom. The van der Waals surface area contributed by atoms with Gasteiger partial charge in [-0.1, -0.05) is 26.0 Å². The van der Waals surface area contributed by atoms with Crippen LogP contribution in [0.25, 0.3) is 0 Å². The number of carbonyl (C=O) groups is 2. The van der Waals surface area contributed by atoms with Crippen molar-refractivity contribution in [3.8, 4) is 0 Å². The lowest BCUT2D eigenvalue weighted by Crippen LogP contribution is -2.36. The summed E-state index contributed by atoms with van der Waals surface area (Å²) in [6.07, 6.45) is 0.296. The smallest absolute Gasteiger partial charge is 0.236 e. The molecule has 2 amide bonds. The Morgan fingerprint density at radius 1 is 1.35 bits per heavy atom. The minimum absolute atomic E-state index is 0.0701. The molecule has 0 aromatic heterocycles. The topological polar surface area (TPSA) is 63.4 Å². The van der Waals surface area contributed by atoms with Crippen LogP contribution in [-0.2, 0) is 16.1 Å². The molecule has 0 bridgehead atoms. The number of benzene rings is 1. The van der Waals surface area contributed by atoms with Gasteiger partial charge in [-0.05, 0) is 37.0 Å². The first-order valence-corrected chi connectivity index (χ1v) is 6.96. The highest BCUT2D eigenvalue weighted by atomic mass is 16.2. The second kappa shape index (κ2) is 4.93. The predicted molar refractivity (Wildman–Crippen MR) is 78.7 cm³/mol. The van der Waals surface area contributed by atoms with Crippen molar-refractivity contribution < 1.29 is 9.59 Å². The maximum absolute atomic E-state index is 12.6. The van der Waals surface area contributed by atoms with Gasteiger partial charge in [-0.3, -0.25) is 14.5 Å². The Kier molecular flexibility index (Phi) is 3.59. The van der Waals surface area contributed by atoms with Gasteiger partial charge in [0.05, 0.1) is 12.0 Å². The third-order valence-electron chi connectivity index (χ3n) is 4.64. The van der Waals surface area contributed by atoms with Crippen molar-refractivity contribution in [2.45, 2.75) is 40.7 Å². The van der Waals surface area contributed by atoms with Crippen molar-refractivity contribution in [3.63, 3.8) is 0 Å². The molecule has 4 nitrogen and oxygen atoms in total. The second-order valence-corrected chi connectivity index (χ2v) is 6.17. The number of nitrogens with zero attached hydrogens (tertiary/aromatic N) is 1. The van der Waals surface area contributed by atoms with Crippen molar-refractivity contribution in [1.29, 1.82) is 0 Å². The minimum atomic E-state index is -0.578. The van der Waals surface area contributed by atoms with Crippen molar-refractivity contribution in [2.75, 3.05) is 5.73 Å². The number of nitrogens with two attached hydrogens (primary N) is 1. The highest BCUT2D eigenvalue weighted by molar-refractivity contribution is 6.05. The average Bonchev–Trinajstić information content (AvgIpc) is 2.59. The number of likely N-dealkylation sites (tertiary alicyclic amines) is 1. The van der Waals surface area contributed by atoms with Gasteiger partial charge in [0.1, 0.15) is 0 Å². The van der Waals surface area contributed by atoms with E-state index in [-0.39, 0.29) is 17.7 Å². The molecule has 1 heterocycles. The van der Waals surface area contributed by atoms with Crippen molar-refractivity contribution in [3.05, 3.63) is 29.3 Å². The number of amides is 2. The molecule has 1 aliphatic heterocycles. The lowest BCUT2D eigenvalue weighted by molar-refractivity contribution is -0.142. The van der Waals surface area contributed by atoms with E-state index in [1.165, 1.54) is 4.90 Å². The molecule has 0 saturated carbocycles. The standard InChI is InChI=1S/C16H22N2O2/c1-10(2)16(4)8-14(19)18(15(16)20)9-12-6-5-7-13(17)11(12)3/h5-7,10H,8-9,17H2,1-4H3. The number of rotatable bonds is 3. The van der Waals surface area contributed by atoms with Gasteiger partial charge in [0.25, 0.3) is 0 Å². The number of imide groups is 1. The fourth-order valence-electron chi connectivity index (χ4n) is 2.56. The van der Waals surface area contributed by atoms with Gasteiger partial charge in [-0.2, -0.15) is 0 Å². The van der Waals surface area contributed by atoms with Crippen LogP contribution in [0.4, 0.5) is 5.69 Å². The van der Waals surface area contributed by atoms with Gasteiger partial charge in [0, 0.05) is 12.1 Å². The van der Waals surface area contributed by atoms with Gasteiger partial charge in [-0.15, -0.1) is 0 Å². The maximum Gasteiger partial charge on any atom is 0.236 e. The van der Waals surface area contributed by atoms with E-state index < -0.39 is 5.41 Å². The van der Waals surface area contributed by atoms with Crippen LogP contribution in [0.2, 0.25) is 0 Å². The molecule has 2 N–H and O–H groups in total. The number of anilines is 1. The van der Waals surface area contributed by atoms with Crippen LogP contribution in [0.15, 0.2) is 18.2 Å². The van der Waals surface area contributed by atoms with E-state index in [1.807, 2.05) is 45.9 Å². The van der Waals surface area contributed by atoms with Crippen LogP contribution in [0.1, 0.15) is 38.3 Å². The molecule has 1 aromatic carbocycles. The molecule has 1 unspecified atom stereocenters. The third-order valence-corrected chi connectivity index (χ3v) is 4.64. The van der Waals surface area contributed by atoms with E-state index >= 15 is 0 Å². The number of hydrogen-bond acceptors (Lipinski definition) is 3. The number of nitrogen functional groups attached to an aromatic ring is 1. The first-order valence-electron chi connectivity index (χ1n) is 6.96. The molecule has 1 atom stereocenters. The van der Waals surface area contributed by atoms with Crippen molar-refractivity contribution in [2.24, 2.45) is 11.3 Å². The first-order chi connectivity index (χ1) is 9.27. The summed E-state index contributed by atoms with van der Waals surface area (Å²) in [6, 6.07) is 5.59. The van der Waals surface area contributed by atoms with Crippen LogP contribution in [0.5, 0.6) is 0 Å². The lowest BCUT2D eigenvalue weighted by atomic mass is 9.78. The second-order valence-electron chi connectivity index (χ2n) is 6.17. The van der Waals surface area contributed by atoms with Crippen LogP contribution >= 0.6 is 0 Å². The largest absolute Gasteiger partial charge is 0.399 e. The zero-order valence-corrected chi connectivity index (χ0v) is 12.6. The summed E-state index contributed by atoms with van der Waals surface area (Å²) in [5, 5.41) is 0. The van der Waals surface area contributed by atoms with Crippen molar-refractivity contribution >= 4 is 17.5 Å². The molecule has 1 fully saturated rings. The van der Waals surface area contributed by atoms with Crippen LogP contribution < -0.4 is 5.73 Å². The Balaban J connectivity index is 2.29. The van der Waals surface area contributed by atoms with Gasteiger partial charge in [0.2, 0.25) is 11.8 Å². The summed E-state index contributed by atoms with van der Waals surface area (Å²) in [5.41, 5.74) is 7.85. The quantitative estimate of drug-likeness (QED) is 0.680. The Hall–Kier alpha value is -1.84. The molecule has 1 aliphatic rings. The molecule has 4 heteroatoms. The highest BCUT2D eigenvalue weighted by Crippen LogP contribution is 2.40. The summed E-state index contributed by atoms with van der Waals surface area (Å²) in [5.74, 6) is -0.0155. The van der Waals surface area contributed by atoms with Crippen molar-refractivity contribution in [1.82, 2.24) is 4.90 Å². The van der Waals surface area contributed by atoms with E-state index in [2.05, 4.69) is 0 Å². The minimum Gasteiger partial charge on any atom is -0.399 e. The Bertz CT molecular complexity index is 566. The van der Waals surface area contributed by atoms with Crippen LogP contribution in [0, 0.1) is 18.3 Å². The van der Waals surface area contributed by atoms with Gasteiger partial charge < -0.3 is 5.73 Å². The van der Waals surface area contributed by atoms with Crippen LogP contribution in [0.3, 0.4) is 0 Å². The summed E-state index contributed by atoms with van der Waals surface area (Å²) in [6.45, 7) is 8.08. The monoisotopic (exact) mass is 274 g/mol. The summed E-state index contributed by atoms with van der Waals surface area (Å²) < 4.78 is 0. The summed E-state index contributed by atoms with van der Waals surface area (Å²) >= 11 is 0. The van der Waals surface area contributed by atoms with Gasteiger partial charge in [-0.25, -0.2) is 0 Å². The van der Waals surface area contributed by atoms with E-state index in [0.717, 1.165) is 11.1 Å². The Labute approximate surface area is 119 Å². The van der Waals surface area contributed by atoms with E-state index in [1.54, 1.807) is 0 Å². The molecule has 108 valence electrons. The number of carbonyl (C=O) groups excluding carboxylic acids is 2. The van der Waals surface area contributed by atoms with E-state index in [9.17, 15) is 9.59 Å². The zero-order chi connectivity index (χ0) is 15.1. The molecule has 0 spiro atoms. The molecule has 0 aliphatic carbocycles. The first kappa shape index (κ1) is 14.6. The summed E-state index contributed by atoms with van der Waals surface area (Å²) in [7, 11) is 0. The molecular weight excluding hydrogens is 252 g/mol. The fourth-order valence-corrected chi connectivity index (χ4v) is 2.56. The lowest BCUT2D eigenvalue weighted by Gasteiger charge is -2.26.